The lowest BCUT2D eigenvalue weighted by Gasteiger charge is -2.10. The fraction of sp³-hybridized carbons (Fsp3) is 0.417. The maximum Gasteiger partial charge on any atom is 0.312 e. The van der Waals surface area contributed by atoms with Gasteiger partial charge in [0.2, 0.25) is 6.04 Å². The first-order valence-electron chi connectivity index (χ1n) is 5.77. The normalized spacial score (nSPS) is 12.0. The molecule has 1 aromatic rings. The van der Waals surface area contributed by atoms with Gasteiger partial charge in [0, 0.05) is 17.4 Å². The van der Waals surface area contributed by atoms with E-state index in [1.807, 2.05) is 0 Å². The van der Waals surface area contributed by atoms with Gasteiger partial charge in [-0.2, -0.15) is 0 Å². The van der Waals surface area contributed by atoms with Crippen LogP contribution in [-0.4, -0.2) is 23.5 Å². The fourth-order valence-electron chi connectivity index (χ4n) is 1.61. The summed E-state index contributed by atoms with van der Waals surface area (Å²) in [6.45, 7) is 1.59. The van der Waals surface area contributed by atoms with E-state index in [0.29, 0.717) is 12.1 Å². The minimum atomic E-state index is -1.46. The quantitative estimate of drug-likeness (QED) is 0.349. The standard InChI is InChI=1S/C12H12F3NO4/c1-2-20-12(17)5-8(16(18)19)3-7-4-10(14)11(15)6-9(7)13/h4,6,8H,2-3,5H2,1H3. The molecule has 1 unspecified atom stereocenters. The van der Waals surface area contributed by atoms with Crippen LogP contribution >= 0.6 is 0 Å². The Morgan fingerprint density at radius 1 is 1.30 bits per heavy atom. The zero-order valence-electron chi connectivity index (χ0n) is 10.6. The van der Waals surface area contributed by atoms with Crippen molar-refractivity contribution >= 4 is 5.97 Å². The van der Waals surface area contributed by atoms with Gasteiger partial charge >= 0.3 is 5.97 Å². The molecule has 1 atom stereocenters. The van der Waals surface area contributed by atoms with Crippen molar-refractivity contribution < 1.29 is 27.6 Å². The first kappa shape index (κ1) is 15.9. The van der Waals surface area contributed by atoms with Crippen LogP contribution in [0.15, 0.2) is 12.1 Å². The minimum Gasteiger partial charge on any atom is -0.466 e. The molecule has 0 aliphatic rings. The minimum absolute atomic E-state index is 0.0583. The predicted molar refractivity (Wildman–Crippen MR) is 62.1 cm³/mol. The average Bonchev–Trinajstić information content (AvgIpc) is 2.35. The van der Waals surface area contributed by atoms with Gasteiger partial charge < -0.3 is 4.74 Å². The summed E-state index contributed by atoms with van der Waals surface area (Å²) in [7, 11) is 0. The van der Waals surface area contributed by atoms with E-state index in [1.165, 1.54) is 6.92 Å². The summed E-state index contributed by atoms with van der Waals surface area (Å²) in [5.41, 5.74) is -0.366. The second-order valence-corrected chi connectivity index (χ2v) is 4.01. The molecule has 8 heteroatoms. The molecule has 0 spiro atoms. The zero-order valence-corrected chi connectivity index (χ0v) is 10.6. The van der Waals surface area contributed by atoms with Crippen molar-refractivity contribution in [3.63, 3.8) is 0 Å². The van der Waals surface area contributed by atoms with E-state index in [4.69, 9.17) is 0 Å². The Hall–Kier alpha value is -2.12. The molecule has 1 rings (SSSR count). The van der Waals surface area contributed by atoms with Gasteiger partial charge in [-0.15, -0.1) is 0 Å². The highest BCUT2D eigenvalue weighted by molar-refractivity contribution is 5.69. The summed E-state index contributed by atoms with van der Waals surface area (Å²) in [5, 5.41) is 10.8. The molecule has 20 heavy (non-hydrogen) atoms. The first-order chi connectivity index (χ1) is 9.35. The van der Waals surface area contributed by atoms with E-state index >= 15 is 0 Å². The largest absolute Gasteiger partial charge is 0.466 e. The molecule has 0 aromatic heterocycles. The topological polar surface area (TPSA) is 69.4 Å². The van der Waals surface area contributed by atoms with Crippen molar-refractivity contribution in [1.29, 1.82) is 0 Å². The van der Waals surface area contributed by atoms with Crippen molar-refractivity contribution in [1.82, 2.24) is 0 Å². The van der Waals surface area contributed by atoms with E-state index < -0.39 is 47.2 Å². The maximum atomic E-state index is 13.4. The molecular formula is C12H12F3NO4. The molecule has 0 fully saturated rings. The lowest BCUT2D eigenvalue weighted by molar-refractivity contribution is -0.521. The van der Waals surface area contributed by atoms with Gasteiger partial charge in [0.1, 0.15) is 12.2 Å². The van der Waals surface area contributed by atoms with Gasteiger partial charge in [0.05, 0.1) is 6.61 Å². The molecule has 0 aliphatic carbocycles. The van der Waals surface area contributed by atoms with Crippen LogP contribution in [0.3, 0.4) is 0 Å². The molecule has 5 nitrogen and oxygen atoms in total. The van der Waals surface area contributed by atoms with Crippen LogP contribution in [0.25, 0.3) is 0 Å². The molecular weight excluding hydrogens is 279 g/mol. The molecule has 0 amide bonds. The Kier molecular flexibility index (Phi) is 5.48. The summed E-state index contributed by atoms with van der Waals surface area (Å²) in [6.07, 6.45) is -1.10. The Labute approximate surface area is 112 Å². The van der Waals surface area contributed by atoms with Gasteiger partial charge in [-0.3, -0.25) is 14.9 Å². The number of esters is 1. The number of hydrogen-bond acceptors (Lipinski definition) is 4. The summed E-state index contributed by atoms with van der Waals surface area (Å²) in [6, 6.07) is -0.605. The van der Waals surface area contributed by atoms with Crippen molar-refractivity contribution in [3.8, 4) is 0 Å². The summed E-state index contributed by atoms with van der Waals surface area (Å²) >= 11 is 0. The number of nitrogens with zero attached hydrogens (tertiary/aromatic N) is 1. The maximum absolute atomic E-state index is 13.4. The van der Waals surface area contributed by atoms with Crippen molar-refractivity contribution in [3.05, 3.63) is 45.3 Å². The fourth-order valence-corrected chi connectivity index (χ4v) is 1.61. The highest BCUT2D eigenvalue weighted by Gasteiger charge is 2.27. The Balaban J connectivity index is 2.88. The van der Waals surface area contributed by atoms with Crippen LogP contribution in [0.1, 0.15) is 18.9 Å². The molecule has 0 radical (unpaired) electrons. The average molecular weight is 291 g/mol. The predicted octanol–water partition coefficient (Wildman–Crippen LogP) is 2.24. The van der Waals surface area contributed by atoms with Crippen LogP contribution in [0.5, 0.6) is 0 Å². The third-order valence-electron chi connectivity index (χ3n) is 2.55. The smallest absolute Gasteiger partial charge is 0.312 e. The van der Waals surface area contributed by atoms with Gasteiger partial charge in [-0.25, -0.2) is 13.2 Å². The molecule has 0 aliphatic heterocycles. The highest BCUT2D eigenvalue weighted by atomic mass is 19.2. The van der Waals surface area contributed by atoms with E-state index in [1.54, 1.807) is 0 Å². The number of rotatable bonds is 6. The number of carbonyl (C=O) groups excluding carboxylic acids is 1. The van der Waals surface area contributed by atoms with Crippen LogP contribution in [0, 0.1) is 27.6 Å². The van der Waals surface area contributed by atoms with Crippen molar-refractivity contribution in [2.75, 3.05) is 6.61 Å². The number of carbonyl (C=O) groups is 1. The van der Waals surface area contributed by atoms with Crippen LogP contribution < -0.4 is 0 Å². The van der Waals surface area contributed by atoms with E-state index in [0.717, 1.165) is 0 Å². The second-order valence-electron chi connectivity index (χ2n) is 4.01. The molecule has 0 N–H and O–H groups in total. The SMILES string of the molecule is CCOC(=O)CC(Cc1cc(F)c(F)cc1F)[N+](=O)[O-]. The number of nitro groups is 1. The summed E-state index contributed by atoms with van der Waals surface area (Å²) < 4.78 is 43.7. The number of hydrogen-bond donors (Lipinski definition) is 0. The van der Waals surface area contributed by atoms with E-state index in [-0.39, 0.29) is 12.2 Å². The summed E-state index contributed by atoms with van der Waals surface area (Å²) in [4.78, 5) is 21.2. The highest BCUT2D eigenvalue weighted by Crippen LogP contribution is 2.17. The number of ether oxygens (including phenoxy) is 1. The first-order valence-corrected chi connectivity index (χ1v) is 5.77. The second kappa shape index (κ2) is 6.88. The number of halogens is 3. The van der Waals surface area contributed by atoms with E-state index in [2.05, 4.69) is 4.74 Å². The van der Waals surface area contributed by atoms with Gasteiger partial charge in [-0.1, -0.05) is 0 Å². The molecule has 0 bridgehead atoms. The Bertz CT molecular complexity index is 522. The van der Waals surface area contributed by atoms with Crippen molar-refractivity contribution in [2.24, 2.45) is 0 Å². The monoisotopic (exact) mass is 291 g/mol. The van der Waals surface area contributed by atoms with Crippen LogP contribution in [0.4, 0.5) is 13.2 Å². The number of benzene rings is 1. The molecule has 110 valence electrons. The van der Waals surface area contributed by atoms with Crippen LogP contribution in [-0.2, 0) is 16.0 Å². The van der Waals surface area contributed by atoms with Crippen molar-refractivity contribution in [2.45, 2.75) is 25.8 Å². The Morgan fingerprint density at radius 3 is 2.45 bits per heavy atom. The lowest BCUT2D eigenvalue weighted by Crippen LogP contribution is -2.27. The third kappa shape index (κ3) is 4.22. The lowest BCUT2D eigenvalue weighted by atomic mass is 10.0. The third-order valence-corrected chi connectivity index (χ3v) is 2.55. The summed E-state index contributed by atoms with van der Waals surface area (Å²) in [5.74, 6) is -4.59. The molecule has 0 saturated heterocycles. The van der Waals surface area contributed by atoms with Gasteiger partial charge in [-0.05, 0) is 18.6 Å². The van der Waals surface area contributed by atoms with Crippen LogP contribution in [0.2, 0.25) is 0 Å². The van der Waals surface area contributed by atoms with Gasteiger partial charge in [0.25, 0.3) is 0 Å². The Morgan fingerprint density at radius 2 is 1.90 bits per heavy atom. The zero-order chi connectivity index (χ0) is 15.3. The van der Waals surface area contributed by atoms with E-state index in [9.17, 15) is 28.1 Å². The molecule has 0 heterocycles. The molecule has 0 saturated carbocycles. The molecule has 1 aromatic carbocycles. The van der Waals surface area contributed by atoms with Gasteiger partial charge in [0.15, 0.2) is 11.6 Å².